The van der Waals surface area contributed by atoms with E-state index in [9.17, 15) is 18.0 Å². The van der Waals surface area contributed by atoms with Gasteiger partial charge in [-0.05, 0) is 29.8 Å². The minimum absolute atomic E-state index is 0.0335. The van der Waals surface area contributed by atoms with Gasteiger partial charge in [-0.1, -0.05) is 78.0 Å². The summed E-state index contributed by atoms with van der Waals surface area (Å²) in [5.41, 5.74) is 0.588. The highest BCUT2D eigenvalue weighted by molar-refractivity contribution is 6.07. The first kappa shape index (κ1) is 23.9. The molecule has 9 heteroatoms. The van der Waals surface area contributed by atoms with E-state index in [-0.39, 0.29) is 11.4 Å². The summed E-state index contributed by atoms with van der Waals surface area (Å²) in [6, 6.07) is 24.8. The molecule has 0 radical (unpaired) electrons. The van der Waals surface area contributed by atoms with Crippen molar-refractivity contribution in [1.29, 1.82) is 0 Å². The fraction of sp³-hybridized carbons (Fsp3) is 0.0357. The first-order valence-corrected chi connectivity index (χ1v) is 11.2. The van der Waals surface area contributed by atoms with Crippen LogP contribution < -0.4 is 5.32 Å². The van der Waals surface area contributed by atoms with Gasteiger partial charge in [-0.3, -0.25) is 4.79 Å². The van der Waals surface area contributed by atoms with Gasteiger partial charge < -0.3 is 5.32 Å². The average molecular weight is 502 g/mol. The molecule has 0 aliphatic carbocycles. The Hall–Kier alpha value is -4.79. The van der Waals surface area contributed by atoms with Crippen molar-refractivity contribution in [3.05, 3.63) is 120 Å². The predicted octanol–water partition coefficient (Wildman–Crippen LogP) is 7.01. The van der Waals surface area contributed by atoms with Gasteiger partial charge in [0.1, 0.15) is 17.2 Å². The lowest BCUT2D eigenvalue weighted by Crippen LogP contribution is -2.19. The number of nitrogens with one attached hydrogen (secondary N) is 1. The molecule has 1 N–H and O–H groups in total. The van der Waals surface area contributed by atoms with Gasteiger partial charge >= 0.3 is 6.18 Å². The van der Waals surface area contributed by atoms with Crippen LogP contribution in [0.2, 0.25) is 0 Å². The van der Waals surface area contributed by atoms with Gasteiger partial charge in [0.2, 0.25) is 0 Å². The molecule has 0 aliphatic heterocycles. The maximum Gasteiger partial charge on any atom is 0.417 e. The van der Waals surface area contributed by atoms with Crippen LogP contribution in [0, 0.1) is 5.82 Å². The Balaban J connectivity index is 1.59. The van der Waals surface area contributed by atoms with Gasteiger partial charge in [0, 0.05) is 11.1 Å². The summed E-state index contributed by atoms with van der Waals surface area (Å²) in [5, 5.41) is 10.7. The van der Waals surface area contributed by atoms with Gasteiger partial charge in [-0.15, -0.1) is 5.10 Å². The summed E-state index contributed by atoms with van der Waals surface area (Å²) in [4.78, 5) is 13.0. The summed E-state index contributed by atoms with van der Waals surface area (Å²) in [5.74, 6) is -1.64. The Labute approximate surface area is 209 Å². The molecule has 5 nitrogen and oxygen atoms in total. The van der Waals surface area contributed by atoms with Crippen LogP contribution in [0.1, 0.15) is 15.9 Å². The number of alkyl halides is 3. The fourth-order valence-electron chi connectivity index (χ4n) is 3.94. The summed E-state index contributed by atoms with van der Waals surface area (Å²) >= 11 is 0. The molecule has 184 valence electrons. The average Bonchev–Trinajstić information content (AvgIpc) is 3.40. The molecular formula is C28H18F4N4O. The third kappa shape index (κ3) is 4.97. The second-order valence-electron chi connectivity index (χ2n) is 8.13. The van der Waals surface area contributed by atoms with Gasteiger partial charge in [-0.25, -0.2) is 9.07 Å². The number of hydrogen-bond acceptors (Lipinski definition) is 3. The second-order valence-corrected chi connectivity index (χ2v) is 8.13. The number of halogens is 4. The van der Waals surface area contributed by atoms with Crippen molar-refractivity contribution < 1.29 is 22.4 Å². The zero-order valence-corrected chi connectivity index (χ0v) is 19.1. The Bertz CT molecular complexity index is 1560. The highest BCUT2D eigenvalue weighted by Gasteiger charge is 2.35. The van der Waals surface area contributed by atoms with E-state index < -0.39 is 29.0 Å². The Morgan fingerprint density at radius 3 is 2.11 bits per heavy atom. The smallest absolute Gasteiger partial charge is 0.321 e. The largest absolute Gasteiger partial charge is 0.417 e. The summed E-state index contributed by atoms with van der Waals surface area (Å²) in [6.45, 7) is 0. The summed E-state index contributed by atoms with van der Waals surface area (Å²) in [7, 11) is 0. The van der Waals surface area contributed by atoms with Crippen LogP contribution in [0.5, 0.6) is 0 Å². The van der Waals surface area contributed by atoms with Crippen molar-refractivity contribution in [3.8, 4) is 28.1 Å². The van der Waals surface area contributed by atoms with E-state index in [1.807, 2.05) is 30.3 Å². The number of anilines is 1. The lowest BCUT2D eigenvalue weighted by atomic mass is 10.0. The minimum Gasteiger partial charge on any atom is -0.321 e. The fourth-order valence-corrected chi connectivity index (χ4v) is 3.94. The number of carbonyl (C=O) groups excluding carboxylic acids is 1. The van der Waals surface area contributed by atoms with Crippen LogP contribution in [-0.2, 0) is 6.18 Å². The minimum atomic E-state index is -4.72. The van der Waals surface area contributed by atoms with Crippen LogP contribution in [0.15, 0.2) is 103 Å². The van der Waals surface area contributed by atoms with E-state index in [2.05, 4.69) is 15.6 Å². The Morgan fingerprint density at radius 1 is 0.811 bits per heavy atom. The number of aromatic nitrogens is 3. The predicted molar refractivity (Wildman–Crippen MR) is 132 cm³/mol. The first-order valence-electron chi connectivity index (χ1n) is 11.2. The Kier molecular flexibility index (Phi) is 6.27. The molecule has 0 unspecified atom stereocenters. The van der Waals surface area contributed by atoms with Crippen molar-refractivity contribution in [3.63, 3.8) is 0 Å². The molecule has 1 amide bonds. The molecule has 0 spiro atoms. The van der Waals surface area contributed by atoms with E-state index in [0.29, 0.717) is 16.8 Å². The standard InChI is InChI=1S/C28H18F4N4O/c29-23-15-21(18-9-3-1-4-10-18)24(33-27(37)20-13-7-8-14-22(20)28(30,31)32)16-26(23)36-17-25(34-35-36)19-11-5-2-6-12-19/h1-17H,(H,33,37). The molecule has 4 aromatic carbocycles. The van der Waals surface area contributed by atoms with E-state index in [1.54, 1.807) is 30.3 Å². The lowest BCUT2D eigenvalue weighted by molar-refractivity contribution is -0.137. The van der Waals surface area contributed by atoms with E-state index in [1.165, 1.54) is 35.1 Å². The molecule has 5 rings (SSSR count). The highest BCUT2D eigenvalue weighted by Crippen LogP contribution is 2.35. The van der Waals surface area contributed by atoms with Crippen LogP contribution in [0.4, 0.5) is 23.2 Å². The molecule has 1 aromatic heterocycles. The van der Waals surface area contributed by atoms with Crippen molar-refractivity contribution in [2.24, 2.45) is 0 Å². The van der Waals surface area contributed by atoms with E-state index in [4.69, 9.17) is 0 Å². The van der Waals surface area contributed by atoms with Crippen molar-refractivity contribution in [1.82, 2.24) is 15.0 Å². The quantitative estimate of drug-likeness (QED) is 0.263. The van der Waals surface area contributed by atoms with Gasteiger partial charge in [0.05, 0.1) is 23.0 Å². The maximum absolute atomic E-state index is 15.3. The van der Waals surface area contributed by atoms with Crippen molar-refractivity contribution >= 4 is 11.6 Å². The van der Waals surface area contributed by atoms with E-state index >= 15 is 4.39 Å². The van der Waals surface area contributed by atoms with Crippen LogP contribution in [-0.4, -0.2) is 20.9 Å². The highest BCUT2D eigenvalue weighted by atomic mass is 19.4. The van der Waals surface area contributed by atoms with Gasteiger partial charge in [-0.2, -0.15) is 13.2 Å². The number of rotatable bonds is 5. The zero-order valence-electron chi connectivity index (χ0n) is 19.1. The number of carbonyl (C=O) groups is 1. The zero-order chi connectivity index (χ0) is 26.0. The Morgan fingerprint density at radius 2 is 1.43 bits per heavy atom. The van der Waals surface area contributed by atoms with Crippen molar-refractivity contribution in [2.45, 2.75) is 6.18 Å². The van der Waals surface area contributed by atoms with Gasteiger partial charge in [0.15, 0.2) is 0 Å². The number of benzene rings is 4. The summed E-state index contributed by atoms with van der Waals surface area (Å²) < 4.78 is 57.1. The van der Waals surface area contributed by atoms with Crippen LogP contribution in [0.3, 0.4) is 0 Å². The maximum atomic E-state index is 15.3. The SMILES string of the molecule is O=C(Nc1cc(-n2cc(-c3ccccc3)nn2)c(F)cc1-c1ccccc1)c1ccccc1C(F)(F)F. The number of hydrogen-bond donors (Lipinski definition) is 1. The van der Waals surface area contributed by atoms with E-state index in [0.717, 1.165) is 17.7 Å². The third-order valence-corrected chi connectivity index (χ3v) is 5.71. The third-order valence-electron chi connectivity index (χ3n) is 5.71. The van der Waals surface area contributed by atoms with Gasteiger partial charge in [0.25, 0.3) is 5.91 Å². The molecule has 0 saturated heterocycles. The molecule has 0 bridgehead atoms. The monoisotopic (exact) mass is 502 g/mol. The lowest BCUT2D eigenvalue weighted by Gasteiger charge is -2.16. The summed E-state index contributed by atoms with van der Waals surface area (Å²) in [6.07, 6.45) is -3.20. The molecule has 1 heterocycles. The second kappa shape index (κ2) is 9.69. The topological polar surface area (TPSA) is 59.8 Å². The normalized spacial score (nSPS) is 11.4. The molecular weight excluding hydrogens is 484 g/mol. The molecule has 0 saturated carbocycles. The number of nitrogens with zero attached hydrogens (tertiary/aromatic N) is 3. The molecule has 37 heavy (non-hydrogen) atoms. The molecule has 0 fully saturated rings. The van der Waals surface area contributed by atoms with Crippen molar-refractivity contribution in [2.75, 3.05) is 5.32 Å². The molecule has 5 aromatic rings. The van der Waals surface area contributed by atoms with Crippen LogP contribution >= 0.6 is 0 Å². The van der Waals surface area contributed by atoms with Crippen LogP contribution in [0.25, 0.3) is 28.1 Å². The first-order chi connectivity index (χ1) is 17.8. The molecule has 0 aliphatic rings. The number of amides is 1. The molecule has 0 atom stereocenters.